The molecule has 0 saturated carbocycles. The third-order valence-electron chi connectivity index (χ3n) is 6.04. The highest BCUT2D eigenvalue weighted by atomic mass is 32.2. The van der Waals surface area contributed by atoms with Crippen LogP contribution in [0.3, 0.4) is 0 Å². The quantitative estimate of drug-likeness (QED) is 0.600. The second-order valence-electron chi connectivity index (χ2n) is 8.33. The predicted octanol–water partition coefficient (Wildman–Crippen LogP) is 0.369. The fourth-order valence-electron chi connectivity index (χ4n) is 4.23. The van der Waals surface area contributed by atoms with Crippen molar-refractivity contribution in [2.24, 2.45) is 0 Å². The average Bonchev–Trinajstić information content (AvgIpc) is 2.81. The standard InChI is InChI=1S/C21H33N5O4S2/c27-21(22-20-3-1-2-19(16-20)17-24-10-14-31-15-11-24)18-23-4-6-25(7-5-23)32(28,29)26-8-12-30-13-9-26/h1-3,16H,4-15,17-18H2,(H,22,27). The largest absolute Gasteiger partial charge is 0.379 e. The molecular weight excluding hydrogens is 450 g/mol. The van der Waals surface area contributed by atoms with Crippen molar-refractivity contribution >= 4 is 33.6 Å². The lowest BCUT2D eigenvalue weighted by Gasteiger charge is -2.37. The summed E-state index contributed by atoms with van der Waals surface area (Å²) in [4.78, 5) is 17.0. The third kappa shape index (κ3) is 6.43. The van der Waals surface area contributed by atoms with E-state index >= 15 is 0 Å². The number of carbonyl (C=O) groups is 1. The number of thioether (sulfide) groups is 1. The third-order valence-corrected chi connectivity index (χ3v) is 9.02. The Balaban J connectivity index is 1.23. The van der Waals surface area contributed by atoms with Gasteiger partial charge in [-0.25, -0.2) is 0 Å². The Kier molecular flexibility index (Phi) is 8.43. The summed E-state index contributed by atoms with van der Waals surface area (Å²) in [6, 6.07) is 8.05. The van der Waals surface area contributed by atoms with Crippen LogP contribution in [0.25, 0.3) is 0 Å². The minimum atomic E-state index is -3.45. The Labute approximate surface area is 195 Å². The first kappa shape index (κ1) is 23.9. The molecule has 3 saturated heterocycles. The summed E-state index contributed by atoms with van der Waals surface area (Å²) in [7, 11) is -3.45. The van der Waals surface area contributed by atoms with Crippen LogP contribution in [0.1, 0.15) is 5.56 Å². The van der Waals surface area contributed by atoms with Gasteiger partial charge in [0.15, 0.2) is 0 Å². The summed E-state index contributed by atoms with van der Waals surface area (Å²) >= 11 is 2.00. The maximum Gasteiger partial charge on any atom is 0.282 e. The summed E-state index contributed by atoms with van der Waals surface area (Å²) < 4.78 is 33.8. The van der Waals surface area contributed by atoms with Gasteiger partial charge < -0.3 is 10.1 Å². The van der Waals surface area contributed by atoms with Crippen LogP contribution >= 0.6 is 11.8 Å². The van der Waals surface area contributed by atoms with Crippen LogP contribution in [-0.2, 0) is 26.3 Å². The topological polar surface area (TPSA) is 85.4 Å². The molecule has 0 radical (unpaired) electrons. The van der Waals surface area contributed by atoms with Crippen LogP contribution in [0.5, 0.6) is 0 Å². The van der Waals surface area contributed by atoms with Gasteiger partial charge in [-0.15, -0.1) is 0 Å². The molecule has 32 heavy (non-hydrogen) atoms. The number of benzene rings is 1. The maximum atomic E-state index is 12.8. The van der Waals surface area contributed by atoms with Crippen molar-refractivity contribution in [3.8, 4) is 0 Å². The van der Waals surface area contributed by atoms with E-state index in [0.29, 0.717) is 52.5 Å². The van der Waals surface area contributed by atoms with Gasteiger partial charge >= 0.3 is 0 Å². The first-order valence-electron chi connectivity index (χ1n) is 11.2. The van der Waals surface area contributed by atoms with Crippen LogP contribution < -0.4 is 5.32 Å². The Morgan fingerprint density at radius 1 is 0.938 bits per heavy atom. The molecule has 9 nitrogen and oxygen atoms in total. The zero-order chi connectivity index (χ0) is 22.4. The summed E-state index contributed by atoms with van der Waals surface area (Å²) in [6.07, 6.45) is 0. The van der Waals surface area contributed by atoms with Crippen LogP contribution in [0.2, 0.25) is 0 Å². The van der Waals surface area contributed by atoms with Crippen molar-refractivity contribution in [1.82, 2.24) is 18.4 Å². The minimum Gasteiger partial charge on any atom is -0.379 e. The van der Waals surface area contributed by atoms with Crippen LogP contribution in [0, 0.1) is 0 Å². The first-order chi connectivity index (χ1) is 15.5. The fraction of sp³-hybridized carbons (Fsp3) is 0.667. The molecule has 0 bridgehead atoms. The smallest absolute Gasteiger partial charge is 0.282 e. The lowest BCUT2D eigenvalue weighted by atomic mass is 10.2. The number of carbonyl (C=O) groups excluding carboxylic acids is 1. The Morgan fingerprint density at radius 2 is 1.62 bits per heavy atom. The lowest BCUT2D eigenvalue weighted by Crippen LogP contribution is -2.55. The molecule has 4 rings (SSSR count). The van der Waals surface area contributed by atoms with Crippen LogP contribution in [0.15, 0.2) is 24.3 Å². The van der Waals surface area contributed by atoms with Gasteiger partial charge in [0.05, 0.1) is 19.8 Å². The van der Waals surface area contributed by atoms with E-state index in [2.05, 4.69) is 16.3 Å². The van der Waals surface area contributed by atoms with Gasteiger partial charge in [0.1, 0.15) is 0 Å². The van der Waals surface area contributed by atoms with E-state index in [0.717, 1.165) is 25.3 Å². The minimum absolute atomic E-state index is 0.0685. The predicted molar refractivity (Wildman–Crippen MR) is 127 cm³/mol. The molecule has 3 aliphatic heterocycles. The normalized spacial score (nSPS) is 22.6. The van der Waals surface area contributed by atoms with Gasteiger partial charge in [0, 0.05) is 76.1 Å². The number of anilines is 1. The summed E-state index contributed by atoms with van der Waals surface area (Å²) in [5.41, 5.74) is 2.02. The number of nitrogens with zero attached hydrogens (tertiary/aromatic N) is 4. The molecule has 1 aromatic carbocycles. The van der Waals surface area contributed by atoms with Crippen molar-refractivity contribution in [2.75, 3.05) is 88.9 Å². The summed E-state index contributed by atoms with van der Waals surface area (Å²) in [6.45, 7) is 6.96. The molecule has 0 atom stereocenters. The number of hydrogen-bond donors (Lipinski definition) is 1. The lowest BCUT2D eigenvalue weighted by molar-refractivity contribution is -0.117. The second kappa shape index (κ2) is 11.3. The molecule has 1 N–H and O–H groups in total. The molecule has 1 aromatic rings. The molecule has 0 unspecified atom stereocenters. The van der Waals surface area contributed by atoms with Crippen molar-refractivity contribution in [3.05, 3.63) is 29.8 Å². The number of ether oxygens (including phenoxy) is 1. The number of piperazine rings is 1. The molecule has 0 aromatic heterocycles. The maximum absolute atomic E-state index is 12.8. The van der Waals surface area contributed by atoms with Crippen molar-refractivity contribution in [1.29, 1.82) is 0 Å². The highest BCUT2D eigenvalue weighted by Crippen LogP contribution is 2.17. The highest BCUT2D eigenvalue weighted by Gasteiger charge is 2.33. The summed E-state index contributed by atoms with van der Waals surface area (Å²) in [5, 5.41) is 3.00. The van der Waals surface area contributed by atoms with Gasteiger partial charge in [-0.05, 0) is 17.7 Å². The first-order valence-corrected chi connectivity index (χ1v) is 13.8. The number of nitrogens with one attached hydrogen (secondary N) is 1. The second-order valence-corrected chi connectivity index (χ2v) is 11.5. The van der Waals surface area contributed by atoms with Gasteiger partial charge in [-0.3, -0.25) is 14.6 Å². The van der Waals surface area contributed by atoms with Crippen LogP contribution in [-0.4, -0.2) is 116 Å². The van der Waals surface area contributed by atoms with E-state index in [4.69, 9.17) is 4.74 Å². The van der Waals surface area contributed by atoms with Crippen molar-refractivity contribution in [2.45, 2.75) is 6.54 Å². The SMILES string of the molecule is O=C(CN1CCN(S(=O)(=O)N2CCOCC2)CC1)Nc1cccc(CN2CCSCC2)c1. The molecule has 3 heterocycles. The summed E-state index contributed by atoms with van der Waals surface area (Å²) in [5.74, 6) is 2.29. The molecule has 3 fully saturated rings. The zero-order valence-corrected chi connectivity index (χ0v) is 20.1. The van der Waals surface area contributed by atoms with Gasteiger partial charge in [-0.2, -0.15) is 28.8 Å². The molecule has 3 aliphatic rings. The average molecular weight is 484 g/mol. The van der Waals surface area contributed by atoms with Crippen molar-refractivity contribution in [3.63, 3.8) is 0 Å². The molecule has 0 aliphatic carbocycles. The molecule has 178 valence electrons. The van der Waals surface area contributed by atoms with Crippen LogP contribution in [0.4, 0.5) is 5.69 Å². The molecule has 0 spiro atoms. The number of amides is 1. The van der Waals surface area contributed by atoms with E-state index in [1.807, 2.05) is 34.9 Å². The number of rotatable bonds is 7. The van der Waals surface area contributed by atoms with Gasteiger partial charge in [0.25, 0.3) is 10.2 Å². The molecule has 1 amide bonds. The van der Waals surface area contributed by atoms with Crippen molar-refractivity contribution < 1.29 is 17.9 Å². The fourth-order valence-corrected chi connectivity index (χ4v) is 6.77. The Hall–Kier alpha value is -1.21. The number of hydrogen-bond acceptors (Lipinski definition) is 7. The van der Waals surface area contributed by atoms with E-state index < -0.39 is 10.2 Å². The number of morpholine rings is 1. The Morgan fingerprint density at radius 3 is 2.34 bits per heavy atom. The van der Waals surface area contributed by atoms with Gasteiger partial charge in [-0.1, -0.05) is 12.1 Å². The monoisotopic (exact) mass is 483 g/mol. The molecular formula is C21H33N5O4S2. The Bertz CT molecular complexity index is 865. The zero-order valence-electron chi connectivity index (χ0n) is 18.4. The van der Waals surface area contributed by atoms with E-state index in [1.54, 1.807) is 0 Å². The molecule has 11 heteroatoms. The van der Waals surface area contributed by atoms with E-state index in [9.17, 15) is 13.2 Å². The van der Waals surface area contributed by atoms with Gasteiger partial charge in [0.2, 0.25) is 5.91 Å². The van der Waals surface area contributed by atoms with E-state index in [-0.39, 0.29) is 12.5 Å². The van der Waals surface area contributed by atoms with E-state index in [1.165, 1.54) is 25.7 Å². The highest BCUT2D eigenvalue weighted by molar-refractivity contribution is 7.99.